The Bertz CT molecular complexity index is 578. The maximum Gasteiger partial charge on any atom is 0.256 e. The van der Waals surface area contributed by atoms with Crippen molar-refractivity contribution in [2.75, 3.05) is 12.4 Å². The standard InChI is InChI=1S/C18H26N2O3/c1-6-7-10-18(4,22-5)17(21)20-16-9-8-15(23-13(2)3)11-14(16)12-19/h8-9,11,13H,6-7,10H2,1-5H3,(H,20,21)/t18-/m0/s1. The Hall–Kier alpha value is -2.06. The van der Waals surface area contributed by atoms with Crippen molar-refractivity contribution in [1.29, 1.82) is 5.26 Å². The van der Waals surface area contributed by atoms with Gasteiger partial charge >= 0.3 is 0 Å². The van der Waals surface area contributed by atoms with E-state index in [1.807, 2.05) is 13.8 Å². The first kappa shape index (κ1) is 19.0. The van der Waals surface area contributed by atoms with Crippen LogP contribution in [0.1, 0.15) is 52.5 Å². The third-order valence-corrected chi connectivity index (χ3v) is 3.67. The van der Waals surface area contributed by atoms with Crippen LogP contribution in [0.2, 0.25) is 0 Å². The third kappa shape index (κ3) is 5.26. The van der Waals surface area contributed by atoms with Crippen LogP contribution in [0.3, 0.4) is 0 Å². The van der Waals surface area contributed by atoms with Crippen molar-refractivity contribution >= 4 is 11.6 Å². The Kier molecular flexibility index (Phi) is 7.05. The molecule has 1 rings (SSSR count). The van der Waals surface area contributed by atoms with Gasteiger partial charge in [0, 0.05) is 13.2 Å². The lowest BCUT2D eigenvalue weighted by atomic mass is 9.97. The summed E-state index contributed by atoms with van der Waals surface area (Å²) in [6.07, 6.45) is 2.52. The molecule has 0 aliphatic heterocycles. The fourth-order valence-corrected chi connectivity index (χ4v) is 2.15. The zero-order valence-electron chi connectivity index (χ0n) is 14.6. The molecule has 0 bridgehead atoms. The maximum atomic E-state index is 12.5. The van der Waals surface area contributed by atoms with Gasteiger partial charge in [-0.15, -0.1) is 0 Å². The Morgan fingerprint density at radius 2 is 2.13 bits per heavy atom. The minimum Gasteiger partial charge on any atom is -0.491 e. The number of ether oxygens (including phenoxy) is 2. The van der Waals surface area contributed by atoms with E-state index in [0.29, 0.717) is 23.4 Å². The number of benzene rings is 1. The van der Waals surface area contributed by atoms with Crippen LogP contribution in [0.25, 0.3) is 0 Å². The largest absolute Gasteiger partial charge is 0.491 e. The molecule has 5 nitrogen and oxygen atoms in total. The van der Waals surface area contributed by atoms with Crippen molar-refractivity contribution in [3.8, 4) is 11.8 Å². The Balaban J connectivity index is 2.95. The summed E-state index contributed by atoms with van der Waals surface area (Å²) >= 11 is 0. The molecule has 1 amide bonds. The summed E-state index contributed by atoms with van der Waals surface area (Å²) in [5.74, 6) is 0.359. The number of amides is 1. The quantitative estimate of drug-likeness (QED) is 0.789. The lowest BCUT2D eigenvalue weighted by Crippen LogP contribution is -2.42. The first-order valence-corrected chi connectivity index (χ1v) is 7.93. The molecule has 0 aliphatic rings. The number of rotatable bonds is 8. The molecule has 0 unspecified atom stereocenters. The smallest absolute Gasteiger partial charge is 0.256 e. The van der Waals surface area contributed by atoms with Crippen LogP contribution in [-0.2, 0) is 9.53 Å². The lowest BCUT2D eigenvalue weighted by Gasteiger charge is -2.27. The number of carbonyl (C=O) groups is 1. The second-order valence-corrected chi connectivity index (χ2v) is 5.98. The second kappa shape index (κ2) is 8.54. The molecule has 0 saturated carbocycles. The van der Waals surface area contributed by atoms with Crippen molar-refractivity contribution in [3.63, 3.8) is 0 Å². The Labute approximate surface area is 138 Å². The predicted octanol–water partition coefficient (Wildman–Crippen LogP) is 3.88. The maximum absolute atomic E-state index is 12.5. The summed E-state index contributed by atoms with van der Waals surface area (Å²) in [5, 5.41) is 12.1. The van der Waals surface area contributed by atoms with Crippen molar-refractivity contribution in [2.45, 2.75) is 58.7 Å². The monoisotopic (exact) mass is 318 g/mol. The number of carbonyl (C=O) groups excluding carboxylic acids is 1. The molecule has 1 N–H and O–H groups in total. The lowest BCUT2D eigenvalue weighted by molar-refractivity contribution is -0.136. The number of anilines is 1. The van der Waals surface area contributed by atoms with Gasteiger partial charge < -0.3 is 14.8 Å². The van der Waals surface area contributed by atoms with Crippen LogP contribution in [0.5, 0.6) is 5.75 Å². The van der Waals surface area contributed by atoms with E-state index < -0.39 is 5.60 Å². The number of nitrogens with one attached hydrogen (secondary N) is 1. The molecule has 0 radical (unpaired) electrons. The number of hydrogen-bond acceptors (Lipinski definition) is 4. The SMILES string of the molecule is CCCC[C@](C)(OC)C(=O)Nc1ccc(OC(C)C)cc1C#N. The van der Waals surface area contributed by atoms with Crippen LogP contribution in [0, 0.1) is 11.3 Å². The van der Waals surface area contributed by atoms with Crippen molar-refractivity contribution in [1.82, 2.24) is 0 Å². The number of methoxy groups -OCH3 is 1. The molecule has 0 aliphatic carbocycles. The van der Waals surface area contributed by atoms with Crippen LogP contribution in [0.15, 0.2) is 18.2 Å². The van der Waals surface area contributed by atoms with Gasteiger partial charge in [0.05, 0.1) is 17.4 Å². The number of hydrogen-bond donors (Lipinski definition) is 1. The predicted molar refractivity (Wildman–Crippen MR) is 90.5 cm³/mol. The average Bonchev–Trinajstić information content (AvgIpc) is 2.53. The van der Waals surface area contributed by atoms with Crippen molar-refractivity contribution in [3.05, 3.63) is 23.8 Å². The van der Waals surface area contributed by atoms with Gasteiger partial charge in [0.2, 0.25) is 0 Å². The van der Waals surface area contributed by atoms with Gasteiger partial charge in [-0.05, 0) is 39.3 Å². The number of nitrogens with zero attached hydrogens (tertiary/aromatic N) is 1. The second-order valence-electron chi connectivity index (χ2n) is 5.98. The third-order valence-electron chi connectivity index (χ3n) is 3.67. The summed E-state index contributed by atoms with van der Waals surface area (Å²) in [4.78, 5) is 12.5. The van der Waals surface area contributed by atoms with Crippen LogP contribution >= 0.6 is 0 Å². The molecule has 1 atom stereocenters. The highest BCUT2D eigenvalue weighted by Crippen LogP contribution is 2.25. The minimum absolute atomic E-state index is 0.0211. The summed E-state index contributed by atoms with van der Waals surface area (Å²) in [6, 6.07) is 7.15. The van der Waals surface area contributed by atoms with E-state index in [0.717, 1.165) is 12.8 Å². The highest BCUT2D eigenvalue weighted by Gasteiger charge is 2.32. The Morgan fingerprint density at radius 3 is 2.65 bits per heavy atom. The van der Waals surface area contributed by atoms with Crippen LogP contribution in [0.4, 0.5) is 5.69 Å². The molecule has 23 heavy (non-hydrogen) atoms. The van der Waals surface area contributed by atoms with Gasteiger partial charge in [-0.2, -0.15) is 5.26 Å². The fourth-order valence-electron chi connectivity index (χ4n) is 2.15. The summed E-state index contributed by atoms with van der Waals surface area (Å²) < 4.78 is 11.0. The van der Waals surface area contributed by atoms with Crippen LogP contribution in [-0.4, -0.2) is 24.7 Å². The van der Waals surface area contributed by atoms with E-state index in [1.165, 1.54) is 7.11 Å². The fraction of sp³-hybridized carbons (Fsp3) is 0.556. The average molecular weight is 318 g/mol. The first-order valence-electron chi connectivity index (χ1n) is 7.93. The minimum atomic E-state index is -0.907. The molecule has 0 saturated heterocycles. The zero-order chi connectivity index (χ0) is 17.5. The molecular weight excluding hydrogens is 292 g/mol. The topological polar surface area (TPSA) is 71.3 Å². The summed E-state index contributed by atoms with van der Waals surface area (Å²) in [5.41, 5.74) is -0.0747. The van der Waals surface area contributed by atoms with Gasteiger partial charge in [0.25, 0.3) is 5.91 Å². The molecule has 0 aromatic heterocycles. The normalized spacial score (nSPS) is 13.3. The van der Waals surface area contributed by atoms with E-state index in [-0.39, 0.29) is 12.0 Å². The number of nitriles is 1. The first-order chi connectivity index (χ1) is 10.9. The van der Waals surface area contributed by atoms with Crippen molar-refractivity contribution < 1.29 is 14.3 Å². The van der Waals surface area contributed by atoms with E-state index in [9.17, 15) is 10.1 Å². The molecule has 5 heteroatoms. The molecular formula is C18H26N2O3. The molecule has 0 heterocycles. The van der Waals surface area contributed by atoms with Gasteiger partial charge in [0.1, 0.15) is 17.4 Å². The van der Waals surface area contributed by atoms with Gasteiger partial charge in [-0.1, -0.05) is 19.8 Å². The van der Waals surface area contributed by atoms with Gasteiger partial charge in [-0.25, -0.2) is 0 Å². The summed E-state index contributed by atoms with van der Waals surface area (Å²) in [7, 11) is 1.53. The zero-order valence-corrected chi connectivity index (χ0v) is 14.6. The molecule has 1 aromatic carbocycles. The van der Waals surface area contributed by atoms with E-state index in [4.69, 9.17) is 9.47 Å². The van der Waals surface area contributed by atoms with Crippen LogP contribution < -0.4 is 10.1 Å². The highest BCUT2D eigenvalue weighted by molar-refractivity contribution is 5.98. The van der Waals surface area contributed by atoms with E-state index in [1.54, 1.807) is 25.1 Å². The Morgan fingerprint density at radius 1 is 1.43 bits per heavy atom. The highest BCUT2D eigenvalue weighted by atomic mass is 16.5. The van der Waals surface area contributed by atoms with Gasteiger partial charge in [0.15, 0.2) is 0 Å². The number of unbranched alkanes of at least 4 members (excludes halogenated alkanes) is 1. The summed E-state index contributed by atoms with van der Waals surface area (Å²) in [6.45, 7) is 7.66. The van der Waals surface area contributed by atoms with Gasteiger partial charge in [-0.3, -0.25) is 4.79 Å². The van der Waals surface area contributed by atoms with E-state index in [2.05, 4.69) is 18.3 Å². The molecule has 0 fully saturated rings. The van der Waals surface area contributed by atoms with E-state index >= 15 is 0 Å². The molecule has 126 valence electrons. The molecule has 1 aromatic rings. The molecule has 0 spiro atoms. The van der Waals surface area contributed by atoms with Crippen molar-refractivity contribution in [2.24, 2.45) is 0 Å².